The highest BCUT2D eigenvalue weighted by molar-refractivity contribution is 5.84. The van der Waals surface area contributed by atoms with Crippen LogP contribution in [0.15, 0.2) is 36.7 Å². The third kappa shape index (κ3) is 2.97. The summed E-state index contributed by atoms with van der Waals surface area (Å²) in [6.45, 7) is 2.64. The van der Waals surface area contributed by atoms with E-state index in [0.717, 1.165) is 32.5 Å². The molecule has 0 bridgehead atoms. The van der Waals surface area contributed by atoms with Crippen LogP contribution >= 0.6 is 0 Å². The average Bonchev–Trinajstić information content (AvgIpc) is 3.02. The molecule has 0 saturated heterocycles. The summed E-state index contributed by atoms with van der Waals surface area (Å²) in [6.07, 6.45) is 8.50. The molecule has 0 spiro atoms. The highest BCUT2D eigenvalue weighted by Crippen LogP contribution is 2.19. The van der Waals surface area contributed by atoms with Gasteiger partial charge in [0.2, 0.25) is 0 Å². The molecule has 0 atom stereocenters. The number of nitrogens with zero attached hydrogens (tertiary/aromatic N) is 4. The number of aromatic nitrogens is 4. The molecule has 1 aliphatic carbocycles. The molecule has 1 N–H and O–H groups in total. The van der Waals surface area contributed by atoms with Gasteiger partial charge in [-0.2, -0.15) is 0 Å². The second kappa shape index (κ2) is 6.46. The predicted octanol–water partition coefficient (Wildman–Crippen LogP) is 2.49. The lowest BCUT2D eigenvalue weighted by molar-refractivity contribution is 0.516. The lowest BCUT2D eigenvalue weighted by atomic mass is 10.0. The Hall–Kier alpha value is -2.27. The van der Waals surface area contributed by atoms with Crippen LogP contribution in [0.2, 0.25) is 0 Å². The second-order valence-corrected chi connectivity index (χ2v) is 6.10. The van der Waals surface area contributed by atoms with Gasteiger partial charge in [-0.3, -0.25) is 4.98 Å². The van der Waals surface area contributed by atoms with Gasteiger partial charge in [-0.25, -0.2) is 4.68 Å². The summed E-state index contributed by atoms with van der Waals surface area (Å²) in [5, 5.41) is 14.6. The van der Waals surface area contributed by atoms with Crippen molar-refractivity contribution in [2.75, 3.05) is 6.54 Å². The molecule has 0 radical (unpaired) electrons. The van der Waals surface area contributed by atoms with Crippen LogP contribution in [0, 0.1) is 0 Å². The van der Waals surface area contributed by atoms with E-state index in [0.29, 0.717) is 0 Å². The van der Waals surface area contributed by atoms with Gasteiger partial charge >= 0.3 is 0 Å². The molecule has 1 aromatic carbocycles. The molecule has 4 rings (SSSR count). The van der Waals surface area contributed by atoms with Crippen LogP contribution in [0.4, 0.5) is 0 Å². The predicted molar refractivity (Wildman–Crippen MR) is 90.1 cm³/mol. The monoisotopic (exact) mass is 307 g/mol. The maximum atomic E-state index is 4.31. The van der Waals surface area contributed by atoms with Gasteiger partial charge in [0.15, 0.2) is 0 Å². The first-order valence-corrected chi connectivity index (χ1v) is 8.35. The van der Waals surface area contributed by atoms with Crippen LogP contribution in [-0.4, -0.2) is 26.5 Å². The normalized spacial score (nSPS) is 14.1. The van der Waals surface area contributed by atoms with Crippen molar-refractivity contribution in [3.8, 4) is 0 Å². The Morgan fingerprint density at radius 1 is 1.13 bits per heavy atom. The molecule has 0 aliphatic heterocycles. The molecule has 2 aromatic heterocycles. The quantitative estimate of drug-likeness (QED) is 0.736. The van der Waals surface area contributed by atoms with Crippen LogP contribution < -0.4 is 5.32 Å². The van der Waals surface area contributed by atoms with Crippen LogP contribution in [0.1, 0.15) is 29.8 Å². The third-order valence-corrected chi connectivity index (χ3v) is 4.58. The van der Waals surface area contributed by atoms with Crippen molar-refractivity contribution >= 4 is 10.8 Å². The summed E-state index contributed by atoms with van der Waals surface area (Å²) in [5.74, 6) is 0. The van der Waals surface area contributed by atoms with Crippen molar-refractivity contribution in [1.82, 2.24) is 25.3 Å². The summed E-state index contributed by atoms with van der Waals surface area (Å²) in [6, 6.07) is 8.45. The molecule has 0 saturated carbocycles. The number of aryl methyl sites for hydroxylation is 1. The van der Waals surface area contributed by atoms with Gasteiger partial charge in [-0.15, -0.1) is 5.10 Å². The number of hydrogen-bond donors (Lipinski definition) is 1. The van der Waals surface area contributed by atoms with Crippen LogP contribution in [0.5, 0.6) is 0 Å². The molecule has 23 heavy (non-hydrogen) atoms. The Bertz CT molecular complexity index is 803. The fourth-order valence-electron chi connectivity index (χ4n) is 3.35. The van der Waals surface area contributed by atoms with Gasteiger partial charge < -0.3 is 5.32 Å². The number of rotatable bonds is 5. The Labute approximate surface area is 135 Å². The molecule has 5 heteroatoms. The van der Waals surface area contributed by atoms with E-state index in [2.05, 4.69) is 49.6 Å². The highest BCUT2D eigenvalue weighted by atomic mass is 15.4. The van der Waals surface area contributed by atoms with E-state index >= 15 is 0 Å². The number of fused-ring (bicyclic) bond motifs is 2. The molecule has 5 nitrogen and oxygen atoms in total. The van der Waals surface area contributed by atoms with Gasteiger partial charge in [0.25, 0.3) is 0 Å². The summed E-state index contributed by atoms with van der Waals surface area (Å²) >= 11 is 0. The van der Waals surface area contributed by atoms with Gasteiger partial charge in [0.1, 0.15) is 0 Å². The lowest BCUT2D eigenvalue weighted by Gasteiger charge is -2.12. The first-order chi connectivity index (χ1) is 11.4. The van der Waals surface area contributed by atoms with Crippen LogP contribution in [-0.2, 0) is 25.9 Å². The fraction of sp³-hybridized carbons (Fsp3) is 0.389. The average molecular weight is 307 g/mol. The van der Waals surface area contributed by atoms with Crippen LogP contribution in [0.3, 0.4) is 0 Å². The summed E-state index contributed by atoms with van der Waals surface area (Å²) < 4.78 is 2.08. The minimum absolute atomic E-state index is 0.859. The zero-order valence-electron chi connectivity index (χ0n) is 13.2. The van der Waals surface area contributed by atoms with Crippen molar-refractivity contribution in [3.05, 3.63) is 53.6 Å². The molecule has 0 unspecified atom stereocenters. The minimum atomic E-state index is 0.859. The van der Waals surface area contributed by atoms with Gasteiger partial charge in [0, 0.05) is 30.9 Å². The van der Waals surface area contributed by atoms with Gasteiger partial charge in [-0.1, -0.05) is 23.4 Å². The van der Waals surface area contributed by atoms with E-state index in [-0.39, 0.29) is 0 Å². The molecule has 2 heterocycles. The van der Waals surface area contributed by atoms with E-state index < -0.39 is 0 Å². The van der Waals surface area contributed by atoms with Crippen molar-refractivity contribution in [2.45, 2.75) is 38.8 Å². The standard InChI is InChI=1S/C18H21N5/c1-2-7-18-17(6-1)21-22-23(18)11-10-20-13-15-5-3-4-14-12-19-9-8-16(14)15/h3-5,8-9,12,20H,1-2,6-7,10-11,13H2. The smallest absolute Gasteiger partial charge is 0.0859 e. The lowest BCUT2D eigenvalue weighted by Crippen LogP contribution is -2.21. The minimum Gasteiger partial charge on any atom is -0.311 e. The molecule has 0 amide bonds. The van der Waals surface area contributed by atoms with Crippen molar-refractivity contribution in [3.63, 3.8) is 0 Å². The number of hydrogen-bond acceptors (Lipinski definition) is 4. The van der Waals surface area contributed by atoms with E-state index in [1.165, 1.54) is 40.6 Å². The summed E-state index contributed by atoms with van der Waals surface area (Å²) in [4.78, 5) is 4.19. The molecule has 1 aliphatic rings. The molecular weight excluding hydrogens is 286 g/mol. The number of nitrogens with one attached hydrogen (secondary N) is 1. The van der Waals surface area contributed by atoms with Gasteiger partial charge in [-0.05, 0) is 42.7 Å². The topological polar surface area (TPSA) is 55.6 Å². The maximum absolute atomic E-state index is 4.31. The molecule has 0 fully saturated rings. The van der Waals surface area contributed by atoms with E-state index in [9.17, 15) is 0 Å². The van der Waals surface area contributed by atoms with Crippen molar-refractivity contribution in [2.24, 2.45) is 0 Å². The zero-order valence-corrected chi connectivity index (χ0v) is 13.2. The Morgan fingerprint density at radius 2 is 2.09 bits per heavy atom. The Kier molecular flexibility index (Phi) is 4.03. The summed E-state index contributed by atoms with van der Waals surface area (Å²) in [5.41, 5.74) is 3.86. The Balaban J connectivity index is 1.38. The van der Waals surface area contributed by atoms with Crippen LogP contribution in [0.25, 0.3) is 10.8 Å². The molecular formula is C18H21N5. The third-order valence-electron chi connectivity index (χ3n) is 4.58. The first kappa shape index (κ1) is 14.3. The number of pyridine rings is 1. The number of benzene rings is 1. The summed E-state index contributed by atoms with van der Waals surface area (Å²) in [7, 11) is 0. The largest absolute Gasteiger partial charge is 0.311 e. The zero-order chi connectivity index (χ0) is 15.5. The SMILES string of the molecule is c1cc(CNCCn2nnc3c2CCCC3)c2ccncc2c1. The molecule has 118 valence electrons. The molecule has 3 aromatic rings. The van der Waals surface area contributed by atoms with E-state index in [4.69, 9.17) is 0 Å². The van der Waals surface area contributed by atoms with E-state index in [1.807, 2.05) is 12.4 Å². The second-order valence-electron chi connectivity index (χ2n) is 6.10. The first-order valence-electron chi connectivity index (χ1n) is 8.35. The maximum Gasteiger partial charge on any atom is 0.0859 e. The van der Waals surface area contributed by atoms with Crippen molar-refractivity contribution < 1.29 is 0 Å². The van der Waals surface area contributed by atoms with E-state index in [1.54, 1.807) is 0 Å². The Morgan fingerprint density at radius 3 is 3.09 bits per heavy atom. The van der Waals surface area contributed by atoms with Crippen molar-refractivity contribution in [1.29, 1.82) is 0 Å². The highest BCUT2D eigenvalue weighted by Gasteiger charge is 2.16. The van der Waals surface area contributed by atoms with Gasteiger partial charge in [0.05, 0.1) is 17.9 Å². The fourth-order valence-corrected chi connectivity index (χ4v) is 3.35.